The quantitative estimate of drug-likeness (QED) is 0.798. The van der Waals surface area contributed by atoms with Crippen molar-refractivity contribution >= 4 is 5.78 Å². The van der Waals surface area contributed by atoms with Crippen LogP contribution in [0.1, 0.15) is 32.5 Å². The molecule has 0 amide bonds. The lowest BCUT2D eigenvalue weighted by atomic mass is 9.89. The highest BCUT2D eigenvalue weighted by Crippen LogP contribution is 2.38. The molecule has 0 bridgehead atoms. The Kier molecular flexibility index (Phi) is 2.77. The number of rotatable bonds is 2. The molecule has 0 spiro atoms. The van der Waals surface area contributed by atoms with Gasteiger partial charge >= 0.3 is 0 Å². The van der Waals surface area contributed by atoms with E-state index in [4.69, 9.17) is 0 Å². The number of ketones is 1. The van der Waals surface area contributed by atoms with Crippen LogP contribution in [-0.4, -0.2) is 33.3 Å². The van der Waals surface area contributed by atoms with Crippen molar-refractivity contribution in [3.63, 3.8) is 0 Å². The van der Waals surface area contributed by atoms with Crippen LogP contribution in [-0.2, 0) is 17.9 Å². The van der Waals surface area contributed by atoms with Gasteiger partial charge in [0.25, 0.3) is 0 Å². The molecule has 1 atom stereocenters. The van der Waals surface area contributed by atoms with Crippen molar-refractivity contribution < 1.29 is 4.79 Å². The van der Waals surface area contributed by atoms with E-state index < -0.39 is 0 Å². The molecular formula is C14H21N3O. The third kappa shape index (κ3) is 1.99. The maximum atomic E-state index is 12.2. The lowest BCUT2D eigenvalue weighted by molar-refractivity contribution is -0.128. The van der Waals surface area contributed by atoms with Crippen LogP contribution in [0.25, 0.3) is 0 Å². The van der Waals surface area contributed by atoms with Gasteiger partial charge in [-0.2, -0.15) is 0 Å². The van der Waals surface area contributed by atoms with Crippen LogP contribution in [0.3, 0.4) is 0 Å². The molecule has 98 valence electrons. The molecule has 1 aliphatic heterocycles. The first-order chi connectivity index (χ1) is 8.56. The lowest BCUT2D eigenvalue weighted by Gasteiger charge is -2.29. The van der Waals surface area contributed by atoms with E-state index in [1.807, 2.05) is 12.4 Å². The summed E-state index contributed by atoms with van der Waals surface area (Å²) in [4.78, 5) is 19.0. The molecule has 1 aromatic rings. The van der Waals surface area contributed by atoms with Gasteiger partial charge in [-0.15, -0.1) is 0 Å². The average Bonchev–Trinajstić information content (AvgIpc) is 2.89. The Morgan fingerprint density at radius 1 is 1.44 bits per heavy atom. The minimum atomic E-state index is -0.0983. The Hall–Kier alpha value is -1.16. The SMILES string of the molecule is CC1(C)CCC(CN2CCn3ccnc3C2)C1=O. The van der Waals surface area contributed by atoms with Gasteiger partial charge < -0.3 is 4.57 Å². The van der Waals surface area contributed by atoms with E-state index in [0.717, 1.165) is 44.8 Å². The molecule has 0 radical (unpaired) electrons. The molecule has 0 N–H and O–H groups in total. The molecule has 1 fully saturated rings. The van der Waals surface area contributed by atoms with Crippen LogP contribution in [0.5, 0.6) is 0 Å². The first kappa shape index (κ1) is 11.9. The van der Waals surface area contributed by atoms with Crippen LogP contribution in [0.2, 0.25) is 0 Å². The maximum absolute atomic E-state index is 12.2. The van der Waals surface area contributed by atoms with Gasteiger partial charge in [0.1, 0.15) is 11.6 Å². The molecule has 1 aromatic heterocycles. The second-order valence-corrected chi connectivity index (χ2v) is 6.26. The van der Waals surface area contributed by atoms with Gasteiger partial charge in [-0.25, -0.2) is 4.98 Å². The van der Waals surface area contributed by atoms with Gasteiger partial charge in [0, 0.05) is 43.4 Å². The van der Waals surface area contributed by atoms with Crippen molar-refractivity contribution in [3.8, 4) is 0 Å². The molecule has 2 aliphatic rings. The molecule has 4 heteroatoms. The van der Waals surface area contributed by atoms with Gasteiger partial charge in [-0.3, -0.25) is 9.69 Å². The summed E-state index contributed by atoms with van der Waals surface area (Å²) in [5.41, 5.74) is -0.0983. The zero-order valence-electron chi connectivity index (χ0n) is 11.2. The maximum Gasteiger partial charge on any atom is 0.142 e. The summed E-state index contributed by atoms with van der Waals surface area (Å²) >= 11 is 0. The number of nitrogens with zero attached hydrogens (tertiary/aromatic N) is 3. The largest absolute Gasteiger partial charge is 0.333 e. The molecule has 1 saturated carbocycles. The average molecular weight is 247 g/mol. The van der Waals surface area contributed by atoms with Crippen LogP contribution >= 0.6 is 0 Å². The van der Waals surface area contributed by atoms with Gasteiger partial charge in [0.15, 0.2) is 0 Å². The first-order valence-electron chi connectivity index (χ1n) is 6.83. The van der Waals surface area contributed by atoms with E-state index in [2.05, 4.69) is 28.3 Å². The molecule has 3 rings (SSSR count). The number of hydrogen-bond acceptors (Lipinski definition) is 3. The van der Waals surface area contributed by atoms with Crippen molar-refractivity contribution in [2.45, 2.75) is 39.8 Å². The number of hydrogen-bond donors (Lipinski definition) is 0. The van der Waals surface area contributed by atoms with E-state index in [1.54, 1.807) is 0 Å². The molecule has 18 heavy (non-hydrogen) atoms. The number of fused-ring (bicyclic) bond motifs is 1. The van der Waals surface area contributed by atoms with Crippen LogP contribution in [0.15, 0.2) is 12.4 Å². The third-order valence-corrected chi connectivity index (χ3v) is 4.46. The van der Waals surface area contributed by atoms with Gasteiger partial charge in [-0.05, 0) is 12.8 Å². The summed E-state index contributed by atoms with van der Waals surface area (Å²) < 4.78 is 2.21. The Bertz CT molecular complexity index is 463. The fourth-order valence-corrected chi connectivity index (χ4v) is 3.21. The second kappa shape index (κ2) is 4.19. The first-order valence-corrected chi connectivity index (χ1v) is 6.83. The predicted molar refractivity (Wildman–Crippen MR) is 69.0 cm³/mol. The molecule has 1 unspecified atom stereocenters. The number of carbonyl (C=O) groups is 1. The van der Waals surface area contributed by atoms with Gasteiger partial charge in [-0.1, -0.05) is 13.8 Å². The Labute approximate surface area is 108 Å². The minimum Gasteiger partial charge on any atom is -0.333 e. The van der Waals surface area contributed by atoms with Crippen LogP contribution in [0.4, 0.5) is 0 Å². The van der Waals surface area contributed by atoms with E-state index in [9.17, 15) is 4.79 Å². The van der Waals surface area contributed by atoms with E-state index >= 15 is 0 Å². The molecule has 2 heterocycles. The van der Waals surface area contributed by atoms with Crippen molar-refractivity contribution in [1.29, 1.82) is 0 Å². The molecule has 4 nitrogen and oxygen atoms in total. The van der Waals surface area contributed by atoms with Gasteiger partial charge in [0.2, 0.25) is 0 Å². The Balaban J connectivity index is 1.64. The summed E-state index contributed by atoms with van der Waals surface area (Å²) in [6, 6.07) is 0. The van der Waals surface area contributed by atoms with Gasteiger partial charge in [0.05, 0.1) is 6.54 Å². The highest BCUT2D eigenvalue weighted by atomic mass is 16.1. The highest BCUT2D eigenvalue weighted by Gasteiger charge is 2.41. The fraction of sp³-hybridized carbons (Fsp3) is 0.714. The Morgan fingerprint density at radius 3 is 3.00 bits per heavy atom. The lowest BCUT2D eigenvalue weighted by Crippen LogP contribution is -2.38. The monoisotopic (exact) mass is 247 g/mol. The number of imidazole rings is 1. The standard InChI is InChI=1S/C14H21N3O/c1-14(2)4-3-11(13(14)18)9-16-7-8-17-6-5-15-12(17)10-16/h5-6,11H,3-4,7-10H2,1-2H3. The zero-order chi connectivity index (χ0) is 12.8. The summed E-state index contributed by atoms with van der Waals surface area (Å²) in [5.74, 6) is 1.82. The summed E-state index contributed by atoms with van der Waals surface area (Å²) in [6.45, 7) is 8.00. The van der Waals surface area contributed by atoms with Crippen molar-refractivity contribution in [2.24, 2.45) is 11.3 Å². The minimum absolute atomic E-state index is 0.0983. The van der Waals surface area contributed by atoms with E-state index in [0.29, 0.717) is 5.78 Å². The van der Waals surface area contributed by atoms with Crippen LogP contribution < -0.4 is 0 Å². The summed E-state index contributed by atoms with van der Waals surface area (Å²) in [5, 5.41) is 0. The van der Waals surface area contributed by atoms with Crippen molar-refractivity contribution in [1.82, 2.24) is 14.5 Å². The second-order valence-electron chi connectivity index (χ2n) is 6.26. The highest BCUT2D eigenvalue weighted by molar-refractivity contribution is 5.88. The van der Waals surface area contributed by atoms with Crippen molar-refractivity contribution in [2.75, 3.05) is 13.1 Å². The molecular weight excluding hydrogens is 226 g/mol. The smallest absolute Gasteiger partial charge is 0.142 e. The number of aromatic nitrogens is 2. The zero-order valence-corrected chi connectivity index (χ0v) is 11.2. The normalized spacial score (nSPS) is 27.4. The van der Waals surface area contributed by atoms with E-state index in [-0.39, 0.29) is 11.3 Å². The van der Waals surface area contributed by atoms with E-state index in [1.165, 1.54) is 0 Å². The number of carbonyl (C=O) groups excluding carboxylic acids is 1. The van der Waals surface area contributed by atoms with Crippen molar-refractivity contribution in [3.05, 3.63) is 18.2 Å². The number of Topliss-reactive ketones (excluding diaryl/α,β-unsaturated/α-hetero) is 1. The molecule has 0 saturated heterocycles. The van der Waals surface area contributed by atoms with Crippen LogP contribution in [0, 0.1) is 11.3 Å². The predicted octanol–water partition coefficient (Wildman–Crippen LogP) is 1.70. The third-order valence-electron chi connectivity index (χ3n) is 4.46. The summed E-state index contributed by atoms with van der Waals surface area (Å²) in [6.07, 6.45) is 5.99. The topological polar surface area (TPSA) is 38.1 Å². The summed E-state index contributed by atoms with van der Waals surface area (Å²) in [7, 11) is 0. The fourth-order valence-electron chi connectivity index (χ4n) is 3.21. The molecule has 0 aromatic carbocycles. The Morgan fingerprint density at radius 2 is 2.28 bits per heavy atom. The molecule has 1 aliphatic carbocycles.